The molecule has 0 aliphatic carbocycles. The van der Waals surface area contributed by atoms with Crippen LogP contribution >= 0.6 is 11.3 Å². The van der Waals surface area contributed by atoms with Crippen molar-refractivity contribution in [1.29, 1.82) is 0 Å². The molecule has 21 heavy (non-hydrogen) atoms. The van der Waals surface area contributed by atoms with E-state index in [2.05, 4.69) is 22.3 Å². The number of carbonyl (C=O) groups is 1. The van der Waals surface area contributed by atoms with Crippen LogP contribution < -0.4 is 5.32 Å². The zero-order valence-electron chi connectivity index (χ0n) is 11.8. The fraction of sp³-hybridized carbons (Fsp3) is 0.333. The van der Waals surface area contributed by atoms with Gasteiger partial charge in [0, 0.05) is 19.2 Å². The van der Waals surface area contributed by atoms with Gasteiger partial charge in [-0.3, -0.25) is 9.48 Å². The van der Waals surface area contributed by atoms with Crippen molar-refractivity contribution in [1.82, 2.24) is 15.1 Å². The second-order valence-electron chi connectivity index (χ2n) is 4.48. The molecule has 0 aliphatic heterocycles. The number of rotatable bonds is 5. The maximum atomic E-state index is 12.0. The van der Waals surface area contributed by atoms with Crippen LogP contribution in [0.2, 0.25) is 0 Å². The summed E-state index contributed by atoms with van der Waals surface area (Å²) in [6, 6.07) is 3.59. The molecular weight excluding hydrogens is 286 g/mol. The van der Waals surface area contributed by atoms with E-state index in [0.717, 1.165) is 10.4 Å². The Morgan fingerprint density at radius 2 is 2.38 bits per heavy atom. The molecule has 2 aromatic heterocycles. The predicted octanol–water partition coefficient (Wildman–Crippen LogP) is 1.42. The number of aliphatic hydroxyl groups excluding tert-OH is 1. The quantitative estimate of drug-likeness (QED) is 0.821. The fourth-order valence-electron chi connectivity index (χ4n) is 1.69. The summed E-state index contributed by atoms with van der Waals surface area (Å²) in [5.74, 6) is 5.66. The highest BCUT2D eigenvalue weighted by atomic mass is 32.1. The second kappa shape index (κ2) is 7.62. The Morgan fingerprint density at radius 1 is 1.52 bits per heavy atom. The Kier molecular flexibility index (Phi) is 5.55. The summed E-state index contributed by atoms with van der Waals surface area (Å²) < 4.78 is 1.80. The molecule has 2 aromatic rings. The molecule has 0 aliphatic rings. The van der Waals surface area contributed by atoms with Crippen LogP contribution in [0.3, 0.4) is 0 Å². The van der Waals surface area contributed by atoms with Crippen molar-refractivity contribution in [2.75, 3.05) is 13.2 Å². The molecule has 2 heterocycles. The Labute approximate surface area is 127 Å². The molecule has 0 atom stereocenters. The standard InChI is InChI=1S/C15H17N3O2S/c1-12-10-17-18(11-12)8-7-16-15(20)14-6-5-13(21-14)4-2-3-9-19/h5-6,10-11,19H,3,7-9H2,1H3,(H,16,20). The smallest absolute Gasteiger partial charge is 0.261 e. The number of aromatic nitrogens is 2. The first-order chi connectivity index (χ1) is 10.2. The highest BCUT2D eigenvalue weighted by molar-refractivity contribution is 7.14. The number of amides is 1. The summed E-state index contributed by atoms with van der Waals surface area (Å²) in [7, 11) is 0. The van der Waals surface area contributed by atoms with Crippen LogP contribution in [0, 0.1) is 18.8 Å². The minimum absolute atomic E-state index is 0.0542. The Hall–Kier alpha value is -2.10. The Morgan fingerprint density at radius 3 is 3.10 bits per heavy atom. The lowest BCUT2D eigenvalue weighted by Gasteiger charge is -2.03. The SMILES string of the molecule is Cc1cnn(CCNC(=O)c2ccc(C#CCCO)s2)c1. The first-order valence-corrected chi connectivity index (χ1v) is 7.47. The van der Waals surface area contributed by atoms with E-state index in [0.29, 0.717) is 24.4 Å². The van der Waals surface area contributed by atoms with Gasteiger partial charge in [-0.1, -0.05) is 11.8 Å². The molecule has 6 heteroatoms. The third-order valence-electron chi connectivity index (χ3n) is 2.67. The highest BCUT2D eigenvalue weighted by Crippen LogP contribution is 2.15. The van der Waals surface area contributed by atoms with Gasteiger partial charge >= 0.3 is 0 Å². The third-order valence-corrected chi connectivity index (χ3v) is 3.67. The number of nitrogens with one attached hydrogen (secondary N) is 1. The first kappa shape index (κ1) is 15.3. The van der Waals surface area contributed by atoms with Crippen molar-refractivity contribution in [2.45, 2.75) is 19.9 Å². The van der Waals surface area contributed by atoms with Crippen LogP contribution in [-0.2, 0) is 6.54 Å². The van der Waals surface area contributed by atoms with Gasteiger partial charge in [0.15, 0.2) is 0 Å². The fourth-order valence-corrected chi connectivity index (χ4v) is 2.49. The summed E-state index contributed by atoms with van der Waals surface area (Å²) in [6.07, 6.45) is 4.17. The molecule has 0 fully saturated rings. The van der Waals surface area contributed by atoms with Crippen molar-refractivity contribution in [3.63, 3.8) is 0 Å². The van der Waals surface area contributed by atoms with Crippen LogP contribution in [0.15, 0.2) is 24.5 Å². The summed E-state index contributed by atoms with van der Waals surface area (Å²) >= 11 is 1.35. The van der Waals surface area contributed by atoms with Gasteiger partial charge < -0.3 is 10.4 Å². The topological polar surface area (TPSA) is 67.2 Å². The van der Waals surface area contributed by atoms with E-state index >= 15 is 0 Å². The maximum absolute atomic E-state index is 12.0. The average Bonchev–Trinajstić information content (AvgIpc) is 3.08. The molecule has 0 unspecified atom stereocenters. The lowest BCUT2D eigenvalue weighted by molar-refractivity contribution is 0.0956. The minimum Gasteiger partial charge on any atom is -0.395 e. The molecular formula is C15H17N3O2S. The normalized spacial score (nSPS) is 10.0. The van der Waals surface area contributed by atoms with E-state index in [1.165, 1.54) is 11.3 Å². The van der Waals surface area contributed by atoms with Gasteiger partial charge in [-0.2, -0.15) is 5.10 Å². The Bertz CT molecular complexity index is 664. The van der Waals surface area contributed by atoms with E-state index in [4.69, 9.17) is 5.11 Å². The largest absolute Gasteiger partial charge is 0.395 e. The highest BCUT2D eigenvalue weighted by Gasteiger charge is 2.07. The second-order valence-corrected chi connectivity index (χ2v) is 5.56. The lowest BCUT2D eigenvalue weighted by atomic mass is 10.4. The number of aliphatic hydroxyl groups is 1. The average molecular weight is 303 g/mol. The zero-order chi connectivity index (χ0) is 15.1. The summed E-state index contributed by atoms with van der Waals surface area (Å²) in [4.78, 5) is 13.4. The van der Waals surface area contributed by atoms with Gasteiger partial charge in [-0.25, -0.2) is 0 Å². The van der Waals surface area contributed by atoms with Gasteiger partial charge in [0.1, 0.15) is 0 Å². The van der Waals surface area contributed by atoms with Crippen LogP contribution in [-0.4, -0.2) is 33.9 Å². The molecule has 0 bridgehead atoms. The van der Waals surface area contributed by atoms with Gasteiger partial charge in [0.05, 0.1) is 29.1 Å². The monoisotopic (exact) mass is 303 g/mol. The summed E-state index contributed by atoms with van der Waals surface area (Å²) in [5.41, 5.74) is 1.10. The Balaban J connectivity index is 1.82. The molecule has 0 spiro atoms. The first-order valence-electron chi connectivity index (χ1n) is 6.66. The van der Waals surface area contributed by atoms with Crippen LogP contribution in [0.1, 0.15) is 26.5 Å². The summed E-state index contributed by atoms with van der Waals surface area (Å²) in [5, 5.41) is 15.7. The molecule has 2 N–H and O–H groups in total. The maximum Gasteiger partial charge on any atom is 0.261 e. The molecule has 5 nitrogen and oxygen atoms in total. The van der Waals surface area contributed by atoms with Crippen LogP contribution in [0.5, 0.6) is 0 Å². The number of nitrogens with zero attached hydrogens (tertiary/aromatic N) is 2. The van der Waals surface area contributed by atoms with Crippen LogP contribution in [0.4, 0.5) is 0 Å². The molecule has 0 saturated heterocycles. The number of thiophene rings is 1. The molecule has 110 valence electrons. The van der Waals surface area contributed by atoms with Gasteiger partial charge in [0.25, 0.3) is 5.91 Å². The zero-order valence-corrected chi connectivity index (χ0v) is 12.6. The number of aryl methyl sites for hydroxylation is 1. The van der Waals surface area contributed by atoms with Gasteiger partial charge in [0.2, 0.25) is 0 Å². The van der Waals surface area contributed by atoms with Crippen molar-refractivity contribution in [2.24, 2.45) is 0 Å². The van der Waals surface area contributed by atoms with Gasteiger partial charge in [-0.15, -0.1) is 11.3 Å². The van der Waals surface area contributed by atoms with Crippen molar-refractivity contribution in [3.05, 3.63) is 39.8 Å². The van der Waals surface area contributed by atoms with E-state index in [1.807, 2.05) is 19.2 Å². The molecule has 2 rings (SSSR count). The van der Waals surface area contributed by atoms with E-state index in [9.17, 15) is 4.79 Å². The van der Waals surface area contributed by atoms with Crippen molar-refractivity contribution < 1.29 is 9.90 Å². The number of carbonyl (C=O) groups excluding carboxylic acids is 1. The lowest BCUT2D eigenvalue weighted by Crippen LogP contribution is -2.26. The van der Waals surface area contributed by atoms with Crippen LogP contribution in [0.25, 0.3) is 0 Å². The third kappa shape index (κ3) is 4.74. The van der Waals surface area contributed by atoms with Crippen molar-refractivity contribution in [3.8, 4) is 11.8 Å². The number of hydrogen-bond acceptors (Lipinski definition) is 4. The summed E-state index contributed by atoms with van der Waals surface area (Å²) in [6.45, 7) is 3.21. The van der Waals surface area contributed by atoms with Crippen molar-refractivity contribution >= 4 is 17.2 Å². The molecule has 1 amide bonds. The van der Waals surface area contributed by atoms with E-state index in [1.54, 1.807) is 16.9 Å². The number of hydrogen-bond donors (Lipinski definition) is 2. The predicted molar refractivity (Wildman–Crippen MR) is 82.2 cm³/mol. The molecule has 0 saturated carbocycles. The van der Waals surface area contributed by atoms with Gasteiger partial charge in [-0.05, 0) is 24.6 Å². The van der Waals surface area contributed by atoms with E-state index < -0.39 is 0 Å². The minimum atomic E-state index is -0.0981. The molecule has 0 aromatic carbocycles. The molecule has 0 radical (unpaired) electrons. The van der Waals surface area contributed by atoms with E-state index in [-0.39, 0.29) is 12.5 Å².